The average Bonchev–Trinajstić information content (AvgIpc) is 3.44. The summed E-state index contributed by atoms with van der Waals surface area (Å²) in [5, 5.41) is 24.1. The molecule has 4 aromatic rings. The Hall–Kier alpha value is -3.72. The van der Waals surface area contributed by atoms with Crippen LogP contribution in [0.15, 0.2) is 48.5 Å². The normalized spacial score (nSPS) is 12.8. The molecule has 0 amide bonds. The van der Waals surface area contributed by atoms with Crippen LogP contribution in [-0.2, 0) is 0 Å². The summed E-state index contributed by atoms with van der Waals surface area (Å²) in [5.41, 5.74) is 2.98. The fourth-order valence-electron chi connectivity index (χ4n) is 3.74. The van der Waals surface area contributed by atoms with Crippen LogP contribution in [0.5, 0.6) is 0 Å². The number of rotatable bonds is 4. The van der Waals surface area contributed by atoms with E-state index in [-0.39, 0.29) is 0 Å². The van der Waals surface area contributed by atoms with Gasteiger partial charge < -0.3 is 5.21 Å². The molecule has 1 N–H and O–H groups in total. The van der Waals surface area contributed by atoms with E-state index >= 15 is 0 Å². The first-order chi connectivity index (χ1) is 19.5. The Balaban J connectivity index is 0.000000307. The van der Waals surface area contributed by atoms with Crippen molar-refractivity contribution in [2.75, 3.05) is 34.7 Å². The molecule has 0 aliphatic heterocycles. The van der Waals surface area contributed by atoms with Crippen molar-refractivity contribution < 1.29 is 39.8 Å². The first kappa shape index (κ1) is 37.3. The van der Waals surface area contributed by atoms with Gasteiger partial charge in [0.1, 0.15) is 22.1 Å². The van der Waals surface area contributed by atoms with E-state index < -0.39 is 7.81 Å². The topological polar surface area (TPSA) is 100 Å². The molecule has 18 heteroatoms. The Kier molecular flexibility index (Phi) is 12.3. The van der Waals surface area contributed by atoms with Crippen LogP contribution >= 0.6 is 7.81 Å². The molecule has 2 heterocycles. The maximum absolute atomic E-state index is 10.7. The Morgan fingerprint density at radius 1 is 0.837 bits per heavy atom. The molecular weight excluding hydrogens is 603 g/mol. The average molecular weight is 644 g/mol. The predicted octanol–water partition coefficient (Wildman–Crippen LogP) is 6.23. The number of fused-ring (bicyclic) bond motifs is 2. The number of nitrogens with zero attached hydrogens (tertiary/aromatic N) is 9. The first-order valence-corrected chi connectivity index (χ1v) is 15.1. The second kappa shape index (κ2) is 14.2. The van der Waals surface area contributed by atoms with Gasteiger partial charge in [0.15, 0.2) is 0 Å². The van der Waals surface area contributed by atoms with Crippen LogP contribution in [0.2, 0.25) is 0 Å². The van der Waals surface area contributed by atoms with Crippen LogP contribution in [0.1, 0.15) is 34.6 Å². The van der Waals surface area contributed by atoms with Crippen molar-refractivity contribution in [2.45, 2.75) is 46.7 Å². The monoisotopic (exact) mass is 643 g/mol. The SMILES string of the molecule is CCN(C(C)C)C(C)C.CN(C)C(On1nnc2ccccc21)=[N+](C)C.F[P-](F)(F)(F)(F)F.On1nnc2ccccc21. The molecule has 2 aromatic carbocycles. The zero-order valence-corrected chi connectivity index (χ0v) is 26.5. The molecule has 4 rings (SSSR count). The zero-order valence-electron chi connectivity index (χ0n) is 25.6. The summed E-state index contributed by atoms with van der Waals surface area (Å²) >= 11 is 0. The number of halogens is 6. The molecule has 0 fully saturated rings. The van der Waals surface area contributed by atoms with E-state index in [9.17, 15) is 25.2 Å². The molecule has 0 spiro atoms. The minimum atomic E-state index is -10.7. The largest absolute Gasteiger partial charge is 0.410 e. The van der Waals surface area contributed by atoms with Crippen LogP contribution in [0.3, 0.4) is 0 Å². The Morgan fingerprint density at radius 3 is 1.63 bits per heavy atom. The van der Waals surface area contributed by atoms with Gasteiger partial charge in [-0.2, -0.15) is 0 Å². The minimum absolute atomic E-state index is 0.627. The van der Waals surface area contributed by atoms with Crippen molar-refractivity contribution in [2.24, 2.45) is 0 Å². The van der Waals surface area contributed by atoms with Gasteiger partial charge in [-0.3, -0.25) is 9.74 Å². The third-order valence-corrected chi connectivity index (χ3v) is 5.28. The third kappa shape index (κ3) is 14.8. The molecular formula is C25H40F6N9O2P. The summed E-state index contributed by atoms with van der Waals surface area (Å²) in [6, 6.07) is 16.9. The number of benzene rings is 2. The first-order valence-electron chi connectivity index (χ1n) is 13.0. The number of hydrogen-bond donors (Lipinski definition) is 1. The van der Waals surface area contributed by atoms with Crippen molar-refractivity contribution in [1.82, 2.24) is 40.1 Å². The van der Waals surface area contributed by atoms with Crippen LogP contribution in [-0.4, -0.2) is 103 Å². The van der Waals surface area contributed by atoms with Crippen molar-refractivity contribution in [3.8, 4) is 0 Å². The predicted molar refractivity (Wildman–Crippen MR) is 156 cm³/mol. The minimum Gasteiger partial charge on any atom is -0.410 e. The Bertz CT molecular complexity index is 1450. The van der Waals surface area contributed by atoms with Gasteiger partial charge in [-0.15, -0.1) is 10.2 Å². The fraction of sp³-hybridized carbons (Fsp3) is 0.480. The maximum atomic E-state index is 9.87. The molecule has 0 saturated carbocycles. The molecule has 0 aliphatic rings. The second-order valence-electron chi connectivity index (χ2n) is 10.1. The molecule has 244 valence electrons. The van der Waals surface area contributed by atoms with E-state index in [0.29, 0.717) is 29.1 Å². The van der Waals surface area contributed by atoms with Gasteiger partial charge in [-0.05, 0) is 68.9 Å². The van der Waals surface area contributed by atoms with E-state index in [2.05, 4.69) is 60.1 Å². The summed E-state index contributed by atoms with van der Waals surface area (Å²) in [5.74, 6) is 0. The summed E-state index contributed by atoms with van der Waals surface area (Å²) in [6.07, 6.45) is 0. The number of amidine groups is 1. The molecule has 0 unspecified atom stereocenters. The van der Waals surface area contributed by atoms with Gasteiger partial charge in [-0.1, -0.05) is 40.9 Å². The summed E-state index contributed by atoms with van der Waals surface area (Å²) < 4.78 is 61.1. The molecule has 0 aliphatic carbocycles. The third-order valence-electron chi connectivity index (χ3n) is 5.28. The molecule has 0 bridgehead atoms. The summed E-state index contributed by atoms with van der Waals surface area (Å²) in [6.45, 7) is 12.3. The zero-order chi connectivity index (χ0) is 33.2. The maximum Gasteiger partial charge on any atom is 0.130 e. The van der Waals surface area contributed by atoms with Gasteiger partial charge in [0, 0.05) is 12.1 Å². The Labute approximate surface area is 246 Å². The second-order valence-corrected chi connectivity index (χ2v) is 12.0. The summed E-state index contributed by atoms with van der Waals surface area (Å²) in [7, 11) is -3.01. The van der Waals surface area contributed by atoms with E-state index in [1.165, 1.54) is 4.85 Å². The smallest absolute Gasteiger partial charge is 0.130 e. The van der Waals surface area contributed by atoms with Gasteiger partial charge in [-0.25, -0.2) is 9.48 Å². The van der Waals surface area contributed by atoms with Gasteiger partial charge >= 0.3 is 39.0 Å². The van der Waals surface area contributed by atoms with Gasteiger partial charge in [0.05, 0.1) is 28.2 Å². The number of aromatic nitrogens is 6. The van der Waals surface area contributed by atoms with Gasteiger partial charge in [0.25, 0.3) is 0 Å². The van der Waals surface area contributed by atoms with Crippen LogP contribution in [0.25, 0.3) is 22.1 Å². The van der Waals surface area contributed by atoms with Crippen LogP contribution in [0.4, 0.5) is 25.2 Å². The van der Waals surface area contributed by atoms with Crippen molar-refractivity contribution in [3.63, 3.8) is 0 Å². The van der Waals surface area contributed by atoms with Crippen molar-refractivity contribution >= 4 is 35.9 Å². The molecule has 0 radical (unpaired) electrons. The molecule has 0 atom stereocenters. The van der Waals surface area contributed by atoms with Crippen LogP contribution in [0, 0.1) is 0 Å². The molecule has 2 aromatic heterocycles. The van der Waals surface area contributed by atoms with E-state index in [4.69, 9.17) is 10.0 Å². The van der Waals surface area contributed by atoms with E-state index in [0.717, 1.165) is 22.4 Å². The quantitative estimate of drug-likeness (QED) is 0.0699. The van der Waals surface area contributed by atoms with Gasteiger partial charge in [0.2, 0.25) is 0 Å². The van der Waals surface area contributed by atoms with E-state index in [1.54, 1.807) is 12.1 Å². The number of para-hydroxylation sites is 2. The molecule has 43 heavy (non-hydrogen) atoms. The molecule has 0 saturated heterocycles. The standard InChI is InChI=1S/C11H16N5O.C8H19N.C6H5N3O.F6P/c1-14(2)11(15(3)4)17-16-10-8-6-5-7-9(10)12-13-16;1-6-9(7(2)3)8(4)5;10-9-6-4-2-1-3-5(6)7-8-9;1-7(2,3,4,5)6/h5-8H,1-4H3;7-8H,6H2,1-5H3;1-4,10H;/q+1;;;-1. The number of hydrogen-bond acceptors (Lipinski definition) is 7. The summed E-state index contributed by atoms with van der Waals surface area (Å²) in [4.78, 5) is 12.2. The molecule has 11 nitrogen and oxygen atoms in total. The van der Waals surface area contributed by atoms with Crippen molar-refractivity contribution in [3.05, 3.63) is 48.5 Å². The van der Waals surface area contributed by atoms with Crippen LogP contribution < -0.4 is 4.84 Å². The van der Waals surface area contributed by atoms with Crippen molar-refractivity contribution in [1.29, 1.82) is 0 Å². The Morgan fingerprint density at radius 2 is 1.26 bits per heavy atom. The van der Waals surface area contributed by atoms with E-state index in [1.807, 2.05) is 74.1 Å². The fourth-order valence-corrected chi connectivity index (χ4v) is 3.74.